The molecule has 0 aromatic heterocycles. The lowest BCUT2D eigenvalue weighted by atomic mass is 9.91. The molecule has 1 heterocycles. The van der Waals surface area contributed by atoms with Gasteiger partial charge in [-0.15, -0.1) is 0 Å². The molecule has 0 unspecified atom stereocenters. The molecule has 0 radical (unpaired) electrons. The van der Waals surface area contributed by atoms with Crippen LogP contribution in [0.1, 0.15) is 23.7 Å². The number of nitrogens with zero attached hydrogens (tertiary/aromatic N) is 2. The molecule has 3 rings (SSSR count). The van der Waals surface area contributed by atoms with Gasteiger partial charge in [-0.1, -0.05) is 6.07 Å². The van der Waals surface area contributed by atoms with Crippen molar-refractivity contribution in [2.24, 2.45) is 0 Å². The summed E-state index contributed by atoms with van der Waals surface area (Å²) in [6, 6.07) is 12.9. The molecule has 1 aliphatic rings. The van der Waals surface area contributed by atoms with Crippen molar-refractivity contribution in [1.82, 2.24) is 9.80 Å². The Morgan fingerprint density at radius 2 is 1.97 bits per heavy atom. The summed E-state index contributed by atoms with van der Waals surface area (Å²) in [5.41, 5.74) is -0.717. The standard InChI is InChI=1S/C23H29FN2O4/c1-23(28)16-26(12-11-21(23)30-20-6-4-5-18(24)15-20)22(27)17-7-9-19(10-8-17)29-14-13-25(2)3/h4-10,15,21,28H,11-14,16H2,1-3H3/t21-,23-/m0/s1. The van der Waals surface area contributed by atoms with Gasteiger partial charge >= 0.3 is 0 Å². The van der Waals surface area contributed by atoms with Crippen molar-refractivity contribution in [3.63, 3.8) is 0 Å². The van der Waals surface area contributed by atoms with Crippen LogP contribution in [-0.4, -0.2) is 72.9 Å². The molecule has 1 N–H and O–H groups in total. The highest BCUT2D eigenvalue weighted by atomic mass is 19.1. The van der Waals surface area contributed by atoms with E-state index in [-0.39, 0.29) is 12.5 Å². The number of likely N-dealkylation sites (N-methyl/N-ethyl adjacent to an activating group) is 1. The number of halogens is 1. The SMILES string of the molecule is CN(C)CCOc1ccc(C(=O)N2CC[C@H](Oc3cccc(F)c3)[C@@](C)(O)C2)cc1. The average molecular weight is 416 g/mol. The van der Waals surface area contributed by atoms with Crippen molar-refractivity contribution in [3.05, 3.63) is 59.9 Å². The van der Waals surface area contributed by atoms with E-state index < -0.39 is 17.5 Å². The van der Waals surface area contributed by atoms with E-state index in [0.717, 1.165) is 6.54 Å². The third-order valence-corrected chi connectivity index (χ3v) is 5.14. The van der Waals surface area contributed by atoms with Gasteiger partial charge in [0.05, 0.1) is 6.54 Å². The lowest BCUT2D eigenvalue weighted by molar-refractivity contribution is -0.0900. The minimum atomic E-state index is -1.25. The lowest BCUT2D eigenvalue weighted by Crippen LogP contribution is -2.58. The summed E-state index contributed by atoms with van der Waals surface area (Å²) in [4.78, 5) is 16.5. The quantitative estimate of drug-likeness (QED) is 0.752. The van der Waals surface area contributed by atoms with Gasteiger partial charge in [-0.05, 0) is 57.4 Å². The lowest BCUT2D eigenvalue weighted by Gasteiger charge is -2.42. The molecule has 2 atom stereocenters. The molecule has 6 nitrogen and oxygen atoms in total. The first-order valence-electron chi connectivity index (χ1n) is 10.1. The minimum Gasteiger partial charge on any atom is -0.492 e. The number of carbonyl (C=O) groups is 1. The fourth-order valence-electron chi connectivity index (χ4n) is 3.44. The van der Waals surface area contributed by atoms with Crippen LogP contribution in [0.3, 0.4) is 0 Å². The van der Waals surface area contributed by atoms with Gasteiger partial charge < -0.3 is 24.4 Å². The van der Waals surface area contributed by atoms with Crippen molar-refractivity contribution >= 4 is 5.91 Å². The topological polar surface area (TPSA) is 62.2 Å². The Morgan fingerprint density at radius 3 is 2.60 bits per heavy atom. The predicted molar refractivity (Wildman–Crippen MR) is 112 cm³/mol. The second-order valence-electron chi connectivity index (χ2n) is 8.11. The third-order valence-electron chi connectivity index (χ3n) is 5.14. The number of hydrogen-bond acceptors (Lipinski definition) is 5. The van der Waals surface area contributed by atoms with Gasteiger partial charge in [0.15, 0.2) is 0 Å². The second-order valence-corrected chi connectivity index (χ2v) is 8.11. The van der Waals surface area contributed by atoms with Crippen LogP contribution in [0.4, 0.5) is 4.39 Å². The highest BCUT2D eigenvalue weighted by Crippen LogP contribution is 2.28. The first-order valence-corrected chi connectivity index (χ1v) is 10.1. The summed E-state index contributed by atoms with van der Waals surface area (Å²) in [5, 5.41) is 10.9. The molecule has 2 aromatic carbocycles. The van der Waals surface area contributed by atoms with Crippen LogP contribution < -0.4 is 9.47 Å². The number of ether oxygens (including phenoxy) is 2. The molecule has 1 fully saturated rings. The Hall–Kier alpha value is -2.64. The fourth-order valence-corrected chi connectivity index (χ4v) is 3.44. The molecule has 1 amide bonds. The molecule has 0 saturated carbocycles. The van der Waals surface area contributed by atoms with E-state index in [2.05, 4.69) is 0 Å². The summed E-state index contributed by atoms with van der Waals surface area (Å²) >= 11 is 0. The number of likely N-dealkylation sites (tertiary alicyclic amines) is 1. The molecule has 1 saturated heterocycles. The van der Waals surface area contributed by atoms with Crippen LogP contribution in [-0.2, 0) is 0 Å². The molecular formula is C23H29FN2O4. The van der Waals surface area contributed by atoms with Crippen LogP contribution >= 0.6 is 0 Å². The van der Waals surface area contributed by atoms with Crippen molar-refractivity contribution in [3.8, 4) is 11.5 Å². The van der Waals surface area contributed by atoms with E-state index in [1.165, 1.54) is 12.1 Å². The Balaban J connectivity index is 1.59. The molecule has 0 bridgehead atoms. The highest BCUT2D eigenvalue weighted by molar-refractivity contribution is 5.94. The molecule has 1 aliphatic heterocycles. The van der Waals surface area contributed by atoms with Crippen LogP contribution in [0.15, 0.2) is 48.5 Å². The van der Waals surface area contributed by atoms with E-state index in [1.807, 2.05) is 19.0 Å². The highest BCUT2D eigenvalue weighted by Gasteiger charge is 2.41. The number of β-amino-alcohol motifs (C(OH)–C–C–N with tert-alkyl or cyclic N) is 1. The van der Waals surface area contributed by atoms with Crippen molar-refractivity contribution < 1.29 is 23.8 Å². The maximum atomic E-state index is 13.4. The first-order chi connectivity index (χ1) is 14.2. The second kappa shape index (κ2) is 9.45. The minimum absolute atomic E-state index is 0.132. The fraction of sp³-hybridized carbons (Fsp3) is 0.435. The summed E-state index contributed by atoms with van der Waals surface area (Å²) in [6.45, 7) is 3.59. The smallest absolute Gasteiger partial charge is 0.253 e. The van der Waals surface area contributed by atoms with Gasteiger partial charge in [-0.25, -0.2) is 4.39 Å². The third kappa shape index (κ3) is 5.70. The monoisotopic (exact) mass is 416 g/mol. The van der Waals surface area contributed by atoms with Crippen molar-refractivity contribution in [1.29, 1.82) is 0 Å². The Labute approximate surface area is 176 Å². The Bertz CT molecular complexity index is 855. The summed E-state index contributed by atoms with van der Waals surface area (Å²) in [6.07, 6.45) is -0.0862. The van der Waals surface area contributed by atoms with Crippen LogP contribution in [0, 0.1) is 5.82 Å². The van der Waals surface area contributed by atoms with Gasteiger partial charge in [-0.2, -0.15) is 0 Å². The molecule has 30 heavy (non-hydrogen) atoms. The number of carbonyl (C=O) groups excluding carboxylic acids is 1. The zero-order valence-corrected chi connectivity index (χ0v) is 17.7. The van der Waals surface area contributed by atoms with Crippen LogP contribution in [0.25, 0.3) is 0 Å². The van der Waals surface area contributed by atoms with E-state index in [9.17, 15) is 14.3 Å². The van der Waals surface area contributed by atoms with Crippen molar-refractivity contribution in [2.45, 2.75) is 25.0 Å². The van der Waals surface area contributed by atoms with E-state index >= 15 is 0 Å². The first kappa shape index (κ1) is 22.1. The number of aliphatic hydroxyl groups is 1. The molecule has 2 aromatic rings. The number of piperidine rings is 1. The van der Waals surface area contributed by atoms with E-state index in [1.54, 1.807) is 48.2 Å². The van der Waals surface area contributed by atoms with Gasteiger partial charge in [0.1, 0.15) is 35.6 Å². The zero-order chi connectivity index (χ0) is 21.7. The molecule has 0 spiro atoms. The van der Waals surface area contributed by atoms with Crippen LogP contribution in [0.5, 0.6) is 11.5 Å². The number of hydrogen-bond donors (Lipinski definition) is 1. The molecule has 7 heteroatoms. The Kier molecular flexibility index (Phi) is 6.95. The summed E-state index contributed by atoms with van der Waals surface area (Å²) < 4.78 is 24.9. The van der Waals surface area contributed by atoms with Gasteiger partial charge in [0, 0.05) is 31.1 Å². The normalized spacial score (nSPS) is 21.5. The maximum absolute atomic E-state index is 13.4. The molecular weight excluding hydrogens is 387 g/mol. The zero-order valence-electron chi connectivity index (χ0n) is 17.7. The predicted octanol–water partition coefficient (Wildman–Crippen LogP) is 2.81. The summed E-state index contributed by atoms with van der Waals surface area (Å²) in [5.74, 6) is 0.528. The summed E-state index contributed by atoms with van der Waals surface area (Å²) in [7, 11) is 3.96. The Morgan fingerprint density at radius 1 is 1.23 bits per heavy atom. The van der Waals surface area contributed by atoms with E-state index in [4.69, 9.17) is 9.47 Å². The van der Waals surface area contributed by atoms with Crippen LogP contribution in [0.2, 0.25) is 0 Å². The number of rotatable bonds is 7. The molecule has 0 aliphatic carbocycles. The average Bonchev–Trinajstić information content (AvgIpc) is 2.69. The number of amides is 1. The molecule has 162 valence electrons. The van der Waals surface area contributed by atoms with Gasteiger partial charge in [0.25, 0.3) is 5.91 Å². The largest absolute Gasteiger partial charge is 0.492 e. The van der Waals surface area contributed by atoms with Gasteiger partial charge in [-0.3, -0.25) is 4.79 Å². The van der Waals surface area contributed by atoms with E-state index in [0.29, 0.717) is 36.6 Å². The maximum Gasteiger partial charge on any atom is 0.253 e. The van der Waals surface area contributed by atoms with Crippen molar-refractivity contribution in [2.75, 3.05) is 40.3 Å². The number of benzene rings is 2. The van der Waals surface area contributed by atoms with Gasteiger partial charge in [0.2, 0.25) is 0 Å².